The monoisotopic (exact) mass is 614 g/mol. The molecule has 1 saturated carbocycles. The van der Waals surface area contributed by atoms with Crippen LogP contribution in [0.15, 0.2) is 65.8 Å². The topological polar surface area (TPSA) is 102 Å². The maximum Gasteiger partial charge on any atom is 0.326 e. The van der Waals surface area contributed by atoms with E-state index < -0.39 is 5.97 Å². The van der Waals surface area contributed by atoms with Gasteiger partial charge in [0.2, 0.25) is 0 Å². The smallest absolute Gasteiger partial charge is 0.326 e. The predicted octanol–water partition coefficient (Wildman–Crippen LogP) is 7.17. The predicted molar refractivity (Wildman–Crippen MR) is 180 cm³/mol. The van der Waals surface area contributed by atoms with Gasteiger partial charge in [0.05, 0.1) is 12.3 Å². The Morgan fingerprint density at radius 1 is 0.933 bits per heavy atom. The van der Waals surface area contributed by atoms with Crippen LogP contribution in [0.1, 0.15) is 99.9 Å². The Morgan fingerprint density at radius 2 is 1.71 bits per heavy atom. The molecule has 0 saturated heterocycles. The molecule has 0 atom stereocenters. The normalized spacial score (nSPS) is 13.4. The standard InChI is InChI=1S/C37H50N4O4/c1-2-45-36(43)28-41-27-34(18-19-35(41)42)40-37(44)33-23-30(22-32(24-33)31-17-13-21-39-26-31)16-9-6-4-3-5-7-12-20-38-25-29-14-10-8-11-15-29/h13,17-19,21-24,26-27,29,38H,2-12,14-16,20,25,28H2,1H3,(H,40,44). The van der Waals surface area contributed by atoms with E-state index in [0.29, 0.717) is 11.3 Å². The van der Waals surface area contributed by atoms with Crippen LogP contribution in [-0.4, -0.2) is 41.1 Å². The van der Waals surface area contributed by atoms with E-state index in [1.165, 1.54) is 94.0 Å². The number of amides is 1. The molecule has 1 aromatic carbocycles. The fourth-order valence-electron chi connectivity index (χ4n) is 6.11. The summed E-state index contributed by atoms with van der Waals surface area (Å²) in [5.41, 5.74) is 3.62. The molecule has 0 bridgehead atoms. The quantitative estimate of drug-likeness (QED) is 0.116. The lowest BCUT2D eigenvalue weighted by Gasteiger charge is -2.21. The number of rotatable bonds is 18. The summed E-state index contributed by atoms with van der Waals surface area (Å²) < 4.78 is 6.20. The Balaban J connectivity index is 1.26. The molecule has 3 aromatic rings. The number of anilines is 1. The minimum Gasteiger partial charge on any atom is -0.465 e. The number of unbranched alkanes of at least 4 members (excludes halogenated alkanes) is 6. The SMILES string of the molecule is CCOC(=O)Cn1cc(NC(=O)c2cc(CCCCCCCCCNCC3CCCCC3)cc(-c3cccnc3)c2)ccc1=O. The van der Waals surface area contributed by atoms with Crippen LogP contribution in [0.5, 0.6) is 0 Å². The molecular weight excluding hydrogens is 564 g/mol. The second-order valence-corrected chi connectivity index (χ2v) is 12.2. The van der Waals surface area contributed by atoms with Crippen molar-refractivity contribution in [1.29, 1.82) is 0 Å². The van der Waals surface area contributed by atoms with E-state index in [1.807, 2.05) is 24.3 Å². The fraction of sp³-hybridized carbons (Fsp3) is 0.514. The van der Waals surface area contributed by atoms with E-state index in [-0.39, 0.29) is 24.6 Å². The van der Waals surface area contributed by atoms with Gasteiger partial charge in [-0.3, -0.25) is 19.4 Å². The highest BCUT2D eigenvalue weighted by molar-refractivity contribution is 6.05. The average Bonchev–Trinajstić information content (AvgIpc) is 3.06. The van der Waals surface area contributed by atoms with Crippen molar-refractivity contribution in [2.75, 3.05) is 25.0 Å². The second-order valence-electron chi connectivity index (χ2n) is 12.2. The van der Waals surface area contributed by atoms with Gasteiger partial charge in [-0.1, -0.05) is 63.5 Å². The summed E-state index contributed by atoms with van der Waals surface area (Å²) in [6.07, 6.45) is 21.6. The van der Waals surface area contributed by atoms with Gasteiger partial charge >= 0.3 is 5.97 Å². The molecule has 2 N–H and O–H groups in total. The summed E-state index contributed by atoms with van der Waals surface area (Å²) in [5.74, 6) is 0.119. The van der Waals surface area contributed by atoms with Gasteiger partial charge < -0.3 is 19.9 Å². The highest BCUT2D eigenvalue weighted by atomic mass is 16.5. The molecule has 4 rings (SSSR count). The lowest BCUT2D eigenvalue weighted by atomic mass is 9.89. The molecule has 2 aromatic heterocycles. The van der Waals surface area contributed by atoms with E-state index >= 15 is 0 Å². The summed E-state index contributed by atoms with van der Waals surface area (Å²) in [7, 11) is 0. The van der Waals surface area contributed by atoms with E-state index in [2.05, 4.69) is 21.7 Å². The average molecular weight is 615 g/mol. The lowest BCUT2D eigenvalue weighted by Crippen LogP contribution is -2.25. The molecular formula is C37H50N4O4. The highest BCUT2D eigenvalue weighted by Gasteiger charge is 2.14. The van der Waals surface area contributed by atoms with E-state index in [0.717, 1.165) is 42.0 Å². The van der Waals surface area contributed by atoms with Crippen LogP contribution < -0.4 is 16.2 Å². The first kappa shape index (κ1) is 34.1. The van der Waals surface area contributed by atoms with Crippen molar-refractivity contribution in [2.45, 2.75) is 96.9 Å². The summed E-state index contributed by atoms with van der Waals surface area (Å²) in [4.78, 5) is 41.8. The zero-order valence-electron chi connectivity index (χ0n) is 26.9. The third kappa shape index (κ3) is 11.9. The maximum atomic E-state index is 13.4. The van der Waals surface area contributed by atoms with Crippen LogP contribution in [0.25, 0.3) is 11.1 Å². The number of pyridine rings is 2. The first-order valence-corrected chi connectivity index (χ1v) is 16.9. The van der Waals surface area contributed by atoms with Crippen molar-refractivity contribution in [2.24, 2.45) is 5.92 Å². The van der Waals surface area contributed by atoms with Gasteiger partial charge in [0.15, 0.2) is 0 Å². The highest BCUT2D eigenvalue weighted by Crippen LogP contribution is 2.25. The molecule has 1 amide bonds. The van der Waals surface area contributed by atoms with Gasteiger partial charge in [0.25, 0.3) is 11.5 Å². The number of hydrogen-bond acceptors (Lipinski definition) is 6. The summed E-state index contributed by atoms with van der Waals surface area (Å²) in [6, 6.07) is 12.7. The number of ether oxygens (including phenoxy) is 1. The number of carbonyl (C=O) groups is 2. The number of hydrogen-bond donors (Lipinski definition) is 2. The van der Waals surface area contributed by atoms with Crippen LogP contribution in [-0.2, 0) is 22.5 Å². The molecule has 8 heteroatoms. The molecule has 0 radical (unpaired) electrons. The molecule has 8 nitrogen and oxygen atoms in total. The Labute approximate surface area is 268 Å². The van der Waals surface area contributed by atoms with Gasteiger partial charge in [0.1, 0.15) is 6.54 Å². The minimum absolute atomic E-state index is 0.214. The van der Waals surface area contributed by atoms with Crippen LogP contribution in [0.4, 0.5) is 5.69 Å². The van der Waals surface area contributed by atoms with Crippen molar-refractivity contribution < 1.29 is 14.3 Å². The molecule has 0 aliphatic heterocycles. The summed E-state index contributed by atoms with van der Waals surface area (Å²) in [6.45, 7) is 4.09. The molecule has 0 unspecified atom stereocenters. The Kier molecular flexibility index (Phi) is 14.3. The zero-order chi connectivity index (χ0) is 31.7. The number of nitrogens with one attached hydrogen (secondary N) is 2. The van der Waals surface area contributed by atoms with E-state index in [4.69, 9.17) is 4.74 Å². The number of nitrogens with zero attached hydrogens (tertiary/aromatic N) is 2. The molecule has 1 aliphatic rings. The van der Waals surface area contributed by atoms with E-state index in [1.54, 1.807) is 25.4 Å². The molecule has 1 aliphatic carbocycles. The molecule has 1 fully saturated rings. The van der Waals surface area contributed by atoms with Crippen molar-refractivity contribution in [1.82, 2.24) is 14.9 Å². The molecule has 45 heavy (non-hydrogen) atoms. The largest absolute Gasteiger partial charge is 0.465 e. The van der Waals surface area contributed by atoms with Crippen molar-refractivity contribution >= 4 is 17.6 Å². The van der Waals surface area contributed by atoms with Gasteiger partial charge in [-0.25, -0.2) is 0 Å². The fourth-order valence-corrected chi connectivity index (χ4v) is 6.11. The summed E-state index contributed by atoms with van der Waals surface area (Å²) >= 11 is 0. The third-order valence-corrected chi connectivity index (χ3v) is 8.57. The van der Waals surface area contributed by atoms with Crippen LogP contribution in [0.2, 0.25) is 0 Å². The van der Waals surface area contributed by atoms with Crippen LogP contribution >= 0.6 is 0 Å². The van der Waals surface area contributed by atoms with E-state index in [9.17, 15) is 14.4 Å². The van der Waals surface area contributed by atoms with Crippen molar-refractivity contribution in [3.05, 3.63) is 82.5 Å². The molecule has 2 heterocycles. The van der Waals surface area contributed by atoms with Crippen LogP contribution in [0, 0.1) is 5.92 Å². The first-order chi connectivity index (χ1) is 22.0. The van der Waals surface area contributed by atoms with Crippen molar-refractivity contribution in [3.63, 3.8) is 0 Å². The van der Waals surface area contributed by atoms with Crippen LogP contribution in [0.3, 0.4) is 0 Å². The van der Waals surface area contributed by atoms with Gasteiger partial charge in [-0.15, -0.1) is 0 Å². The number of aryl methyl sites for hydroxylation is 1. The van der Waals surface area contributed by atoms with Crippen molar-refractivity contribution in [3.8, 4) is 11.1 Å². The molecule has 242 valence electrons. The Morgan fingerprint density at radius 3 is 2.47 bits per heavy atom. The third-order valence-electron chi connectivity index (χ3n) is 8.57. The van der Waals surface area contributed by atoms with Gasteiger partial charge in [-0.2, -0.15) is 0 Å². The number of benzene rings is 1. The lowest BCUT2D eigenvalue weighted by molar-refractivity contribution is -0.143. The summed E-state index contributed by atoms with van der Waals surface area (Å²) in [5, 5.41) is 6.57. The minimum atomic E-state index is -0.505. The Bertz CT molecular complexity index is 1400. The van der Waals surface area contributed by atoms with Gasteiger partial charge in [-0.05, 0) is 93.4 Å². The Hall–Kier alpha value is -3.78. The maximum absolute atomic E-state index is 13.4. The number of carbonyl (C=O) groups excluding carboxylic acids is 2. The number of aromatic nitrogens is 2. The first-order valence-electron chi connectivity index (χ1n) is 16.9. The zero-order valence-corrected chi connectivity index (χ0v) is 26.9. The second kappa shape index (κ2) is 18.9. The number of esters is 1. The molecule has 0 spiro atoms. The van der Waals surface area contributed by atoms with Gasteiger partial charge in [0, 0.05) is 35.8 Å².